The van der Waals surface area contributed by atoms with E-state index < -0.39 is 54.1 Å². The molecule has 1 saturated heterocycles. The van der Waals surface area contributed by atoms with Crippen LogP contribution in [0.3, 0.4) is 0 Å². The molecule has 2 heterocycles. The fraction of sp³-hybridized carbons (Fsp3) is 0.600. The van der Waals surface area contributed by atoms with E-state index in [0.717, 1.165) is 4.57 Å². The molecule has 0 amide bonds. The van der Waals surface area contributed by atoms with Crippen LogP contribution < -0.4 is 11.4 Å². The number of anilines is 1. The van der Waals surface area contributed by atoms with Gasteiger partial charge in [-0.3, -0.25) is 9.09 Å². The highest BCUT2D eigenvalue weighted by atomic mass is 31.3. The number of nitrogens with zero attached hydrogens (tertiary/aromatic N) is 5. The summed E-state index contributed by atoms with van der Waals surface area (Å²) < 4.78 is 52.0. The van der Waals surface area contributed by atoms with Crippen LogP contribution in [0.5, 0.6) is 0 Å². The Balaban J connectivity index is 2.13. The van der Waals surface area contributed by atoms with E-state index in [4.69, 9.17) is 30.7 Å². The quantitative estimate of drug-likeness (QED) is 0.132. The van der Waals surface area contributed by atoms with Crippen LogP contribution in [0.15, 0.2) is 16.1 Å². The molecule has 6 N–H and O–H groups in total. The molecule has 0 saturated carbocycles. The number of azide groups is 1. The van der Waals surface area contributed by atoms with Crippen LogP contribution in [0.2, 0.25) is 0 Å². The van der Waals surface area contributed by atoms with Gasteiger partial charge in [0.25, 0.3) is 0 Å². The molecule has 2 unspecified atom stereocenters. The number of rotatable bonds is 9. The van der Waals surface area contributed by atoms with E-state index in [0.29, 0.717) is 5.56 Å². The maximum atomic E-state index is 12.1. The fourth-order valence-electron chi connectivity index (χ4n) is 2.48. The van der Waals surface area contributed by atoms with Gasteiger partial charge < -0.3 is 30.0 Å². The number of nitrogen functional groups attached to an aromatic ring is 1. The van der Waals surface area contributed by atoms with Gasteiger partial charge in [0, 0.05) is 23.1 Å². The summed E-state index contributed by atoms with van der Waals surface area (Å²) in [6, 6.07) is -1.01. The third kappa shape index (κ3) is 7.47. The van der Waals surface area contributed by atoms with Crippen molar-refractivity contribution in [2.45, 2.75) is 31.7 Å². The number of aryl methyl sites for hydroxylation is 1. The number of ether oxygens (including phenoxy) is 1. The molecule has 2 rings (SSSR count). The van der Waals surface area contributed by atoms with Crippen LogP contribution in [-0.4, -0.2) is 47.9 Å². The van der Waals surface area contributed by atoms with E-state index in [9.17, 15) is 23.4 Å². The van der Waals surface area contributed by atoms with Gasteiger partial charge >= 0.3 is 29.2 Å². The van der Waals surface area contributed by atoms with Crippen molar-refractivity contribution >= 4 is 29.3 Å². The highest BCUT2D eigenvalue weighted by Crippen LogP contribution is 2.66. The Morgan fingerprint density at radius 1 is 1.32 bits per heavy atom. The van der Waals surface area contributed by atoms with Gasteiger partial charge in [0.15, 0.2) is 0 Å². The van der Waals surface area contributed by atoms with Gasteiger partial charge in [-0.05, 0) is 12.5 Å². The molecule has 174 valence electrons. The summed E-state index contributed by atoms with van der Waals surface area (Å²) >= 11 is 0. The zero-order chi connectivity index (χ0) is 23.6. The number of hydrogen-bond donors (Lipinski definition) is 5. The molecule has 0 spiro atoms. The van der Waals surface area contributed by atoms with E-state index in [-0.39, 0.29) is 12.2 Å². The van der Waals surface area contributed by atoms with Crippen molar-refractivity contribution in [1.29, 1.82) is 0 Å². The van der Waals surface area contributed by atoms with Crippen molar-refractivity contribution in [3.05, 3.63) is 32.7 Å². The second-order valence-corrected chi connectivity index (χ2v) is 10.4. The molecule has 1 aliphatic rings. The first-order valence-corrected chi connectivity index (χ1v) is 12.5. The number of phosphoric ester groups is 1. The standard InChI is InChI=1S/C10H17N6O12P3/c1-5-3-16(10(17)13-9(5)11)8-2-6(14-15-12)7(26-8)4-25-30(21,22)28-31(23,24)27-29(18,19)20/h3,6-8H,2,4H2,1H3,(H,21,22)(H,23,24)(H2,11,13,17)(H2,18,19,20)/t6-,7+,8+/m0/s1. The van der Waals surface area contributed by atoms with Crippen LogP contribution in [0.25, 0.3) is 10.4 Å². The summed E-state index contributed by atoms with van der Waals surface area (Å²) in [5.41, 5.74) is 13.9. The van der Waals surface area contributed by atoms with Crippen molar-refractivity contribution < 1.29 is 51.2 Å². The van der Waals surface area contributed by atoms with E-state index in [1.54, 1.807) is 6.92 Å². The first-order chi connectivity index (χ1) is 14.1. The molecule has 18 nitrogen and oxygen atoms in total. The number of phosphoric acid groups is 3. The lowest BCUT2D eigenvalue weighted by molar-refractivity contribution is -0.0266. The lowest BCUT2D eigenvalue weighted by Gasteiger charge is -2.19. The molecule has 31 heavy (non-hydrogen) atoms. The van der Waals surface area contributed by atoms with Gasteiger partial charge in [0.2, 0.25) is 0 Å². The molecule has 21 heteroatoms. The molecule has 0 bridgehead atoms. The van der Waals surface area contributed by atoms with Crippen molar-refractivity contribution in [2.24, 2.45) is 5.11 Å². The molecule has 5 atom stereocenters. The minimum absolute atomic E-state index is 0.00458. The van der Waals surface area contributed by atoms with Crippen LogP contribution >= 0.6 is 23.5 Å². The van der Waals surface area contributed by atoms with Crippen molar-refractivity contribution in [3.63, 3.8) is 0 Å². The van der Waals surface area contributed by atoms with Crippen LogP contribution in [0, 0.1) is 6.92 Å². The zero-order valence-electron chi connectivity index (χ0n) is 15.4. The predicted octanol–water partition coefficient (Wildman–Crippen LogP) is 0.444. The third-order valence-electron chi connectivity index (χ3n) is 3.71. The van der Waals surface area contributed by atoms with Gasteiger partial charge in [-0.1, -0.05) is 5.11 Å². The Morgan fingerprint density at radius 3 is 2.55 bits per heavy atom. The van der Waals surface area contributed by atoms with Crippen molar-refractivity contribution in [2.75, 3.05) is 12.3 Å². The molecular formula is C10H17N6O12P3. The van der Waals surface area contributed by atoms with Crippen LogP contribution in [0.1, 0.15) is 18.2 Å². The fourth-order valence-corrected chi connectivity index (χ4v) is 5.51. The Kier molecular flexibility index (Phi) is 7.82. The van der Waals surface area contributed by atoms with Crippen molar-refractivity contribution in [3.8, 4) is 0 Å². The normalized spacial score (nSPS) is 25.4. The molecule has 0 aliphatic carbocycles. The Hall–Kier alpha value is -1.64. The van der Waals surface area contributed by atoms with Crippen molar-refractivity contribution in [1.82, 2.24) is 9.55 Å². The summed E-state index contributed by atoms with van der Waals surface area (Å²) in [6.07, 6.45) is -0.980. The maximum absolute atomic E-state index is 12.1. The van der Waals surface area contributed by atoms with E-state index in [2.05, 4.69) is 28.2 Å². The van der Waals surface area contributed by atoms with Gasteiger partial charge in [-0.2, -0.15) is 13.6 Å². The van der Waals surface area contributed by atoms with Crippen LogP contribution in [0.4, 0.5) is 5.82 Å². The SMILES string of the molecule is Cc1cn([C@H]2C[C@H](N=[N+]=[N-])[C@@H](COP(=O)(O)OP(=O)(O)OP(=O)(O)O)O2)c(=O)nc1N. The molecular weight excluding hydrogens is 489 g/mol. The first-order valence-electron chi connectivity index (χ1n) is 7.96. The average molecular weight is 506 g/mol. The highest BCUT2D eigenvalue weighted by Gasteiger charge is 2.43. The Morgan fingerprint density at radius 2 is 1.97 bits per heavy atom. The molecule has 0 aromatic carbocycles. The highest BCUT2D eigenvalue weighted by molar-refractivity contribution is 7.66. The van der Waals surface area contributed by atoms with Gasteiger partial charge in [0.05, 0.1) is 18.8 Å². The second-order valence-electron chi connectivity index (χ2n) is 6.02. The smallest absolute Gasteiger partial charge is 0.383 e. The van der Waals surface area contributed by atoms with Crippen LogP contribution in [-0.2, 0) is 31.6 Å². The van der Waals surface area contributed by atoms with E-state index >= 15 is 0 Å². The predicted molar refractivity (Wildman–Crippen MR) is 98.9 cm³/mol. The molecule has 1 aromatic rings. The summed E-state index contributed by atoms with van der Waals surface area (Å²) in [4.78, 5) is 53.9. The van der Waals surface area contributed by atoms with Gasteiger partial charge in [-0.15, -0.1) is 0 Å². The van der Waals surface area contributed by atoms with E-state index in [1.165, 1.54) is 6.20 Å². The summed E-state index contributed by atoms with van der Waals surface area (Å²) in [5.74, 6) is -0.00458. The molecule has 1 aromatic heterocycles. The Bertz CT molecular complexity index is 1080. The molecule has 1 aliphatic heterocycles. The van der Waals surface area contributed by atoms with Gasteiger partial charge in [-0.25, -0.2) is 18.5 Å². The maximum Gasteiger partial charge on any atom is 0.490 e. The summed E-state index contributed by atoms with van der Waals surface area (Å²) in [7, 11) is -16.6. The monoisotopic (exact) mass is 506 g/mol. The lowest BCUT2D eigenvalue weighted by Crippen LogP contribution is -2.29. The second kappa shape index (κ2) is 9.46. The number of nitrogens with two attached hydrogens (primary N) is 1. The molecule has 0 radical (unpaired) electrons. The topological polar surface area (TPSA) is 279 Å². The summed E-state index contributed by atoms with van der Waals surface area (Å²) in [6.45, 7) is 0.727. The Labute approximate surface area is 172 Å². The van der Waals surface area contributed by atoms with Gasteiger partial charge in [0.1, 0.15) is 12.0 Å². The minimum atomic E-state index is -5.69. The van der Waals surface area contributed by atoms with E-state index in [1.807, 2.05) is 0 Å². The summed E-state index contributed by atoms with van der Waals surface area (Å²) in [5, 5.41) is 3.45. The number of aromatic nitrogens is 2. The minimum Gasteiger partial charge on any atom is -0.383 e. The third-order valence-corrected chi connectivity index (χ3v) is 7.51. The first kappa shape index (κ1) is 25.6. The number of hydrogen-bond acceptors (Lipinski definition) is 11. The largest absolute Gasteiger partial charge is 0.490 e. The zero-order valence-corrected chi connectivity index (χ0v) is 18.1. The molecule has 1 fully saturated rings. The lowest BCUT2D eigenvalue weighted by atomic mass is 10.1. The average Bonchev–Trinajstić information content (AvgIpc) is 2.96.